The first-order valence-electron chi connectivity index (χ1n) is 13.4. The number of aromatic nitrogens is 1. The standard InChI is InChI=1S/C29H31N5O6S/c1-39-27(37)22-18-41-28(30-22)32-25(35)23(17-19-7-3-2-4-8-19)34-26(36)24(31-29(34)38)20-9-11-21(12-10-20)40-16-15-33-13-5-6-14-33/h2-4,7-12,18,23-24H,5-6,13-17H2,1H3,(H,31,38)(H,30,32,35)/t23-,24?/m0/s1. The van der Waals surface area contributed by atoms with Gasteiger partial charge in [0, 0.05) is 18.3 Å². The van der Waals surface area contributed by atoms with Crippen molar-refractivity contribution in [2.24, 2.45) is 0 Å². The van der Waals surface area contributed by atoms with Crippen LogP contribution >= 0.6 is 11.3 Å². The Kier molecular flexibility index (Phi) is 8.90. The maximum Gasteiger partial charge on any atom is 0.357 e. The van der Waals surface area contributed by atoms with Gasteiger partial charge >= 0.3 is 12.0 Å². The summed E-state index contributed by atoms with van der Waals surface area (Å²) in [6.07, 6.45) is 2.54. The van der Waals surface area contributed by atoms with Crippen molar-refractivity contribution < 1.29 is 28.7 Å². The fraction of sp³-hybridized carbons (Fsp3) is 0.345. The normalized spacial score (nSPS) is 17.8. The van der Waals surface area contributed by atoms with Gasteiger partial charge in [-0.05, 0) is 49.2 Å². The Morgan fingerprint density at radius 3 is 2.54 bits per heavy atom. The third-order valence-corrected chi connectivity index (χ3v) is 7.83. The van der Waals surface area contributed by atoms with Gasteiger partial charge in [-0.25, -0.2) is 19.5 Å². The first kappa shape index (κ1) is 28.2. The van der Waals surface area contributed by atoms with Gasteiger partial charge < -0.3 is 20.1 Å². The Balaban J connectivity index is 1.29. The molecule has 2 saturated heterocycles. The van der Waals surface area contributed by atoms with Crippen LogP contribution < -0.4 is 15.4 Å². The molecule has 2 aromatic carbocycles. The molecule has 5 rings (SSSR count). The van der Waals surface area contributed by atoms with E-state index in [4.69, 9.17) is 4.74 Å². The number of hydrogen-bond donors (Lipinski definition) is 2. The van der Waals surface area contributed by atoms with Crippen molar-refractivity contribution >= 4 is 40.3 Å². The Bertz CT molecular complexity index is 1390. The number of carbonyl (C=O) groups excluding carboxylic acids is 4. The van der Waals surface area contributed by atoms with Gasteiger partial charge in [-0.1, -0.05) is 42.5 Å². The van der Waals surface area contributed by atoms with E-state index in [1.54, 1.807) is 24.3 Å². The number of nitrogens with one attached hydrogen (secondary N) is 2. The highest BCUT2D eigenvalue weighted by atomic mass is 32.1. The molecule has 2 atom stereocenters. The van der Waals surface area contributed by atoms with Crippen molar-refractivity contribution in [2.75, 3.05) is 38.7 Å². The molecule has 12 heteroatoms. The fourth-order valence-corrected chi connectivity index (χ4v) is 5.61. The number of benzene rings is 2. The summed E-state index contributed by atoms with van der Waals surface area (Å²) in [6, 6.07) is 13.4. The van der Waals surface area contributed by atoms with Gasteiger partial charge in [-0.15, -0.1) is 11.3 Å². The molecule has 4 amide bonds. The molecular formula is C29H31N5O6S. The summed E-state index contributed by atoms with van der Waals surface area (Å²) in [6.45, 7) is 3.64. The van der Waals surface area contributed by atoms with Crippen LogP contribution in [0.3, 0.4) is 0 Å². The van der Waals surface area contributed by atoms with Crippen molar-refractivity contribution in [3.63, 3.8) is 0 Å². The molecule has 2 fully saturated rings. The number of urea groups is 1. The predicted molar refractivity (Wildman–Crippen MR) is 152 cm³/mol. The zero-order valence-corrected chi connectivity index (χ0v) is 23.4. The van der Waals surface area contributed by atoms with Gasteiger partial charge in [0.2, 0.25) is 5.91 Å². The zero-order chi connectivity index (χ0) is 28.8. The minimum atomic E-state index is -1.16. The van der Waals surface area contributed by atoms with E-state index in [0.717, 1.165) is 41.4 Å². The molecule has 2 N–H and O–H groups in total. The molecule has 11 nitrogen and oxygen atoms in total. The predicted octanol–water partition coefficient (Wildman–Crippen LogP) is 3.25. The molecule has 0 bridgehead atoms. The second-order valence-electron chi connectivity index (χ2n) is 9.78. The van der Waals surface area contributed by atoms with E-state index in [1.807, 2.05) is 30.3 Å². The summed E-state index contributed by atoms with van der Waals surface area (Å²) in [7, 11) is 1.24. The highest BCUT2D eigenvalue weighted by molar-refractivity contribution is 7.14. The van der Waals surface area contributed by atoms with Gasteiger partial charge in [0.15, 0.2) is 10.8 Å². The molecule has 214 valence electrons. The SMILES string of the molecule is COC(=O)c1csc(NC(=O)[C@H](Cc2ccccc2)N2C(=O)NC(c3ccc(OCCN4CCCC4)cc3)C2=O)n1. The highest BCUT2D eigenvalue weighted by Crippen LogP contribution is 2.27. The molecule has 2 aliphatic heterocycles. The topological polar surface area (TPSA) is 130 Å². The van der Waals surface area contributed by atoms with Crippen LogP contribution in [0.1, 0.15) is 40.5 Å². The van der Waals surface area contributed by atoms with E-state index in [2.05, 4.69) is 25.3 Å². The van der Waals surface area contributed by atoms with Gasteiger partial charge in [-0.3, -0.25) is 14.5 Å². The van der Waals surface area contributed by atoms with E-state index in [0.29, 0.717) is 17.9 Å². The number of esters is 1. The second kappa shape index (κ2) is 12.9. The lowest BCUT2D eigenvalue weighted by molar-refractivity contribution is -0.134. The van der Waals surface area contributed by atoms with Crippen molar-refractivity contribution in [3.8, 4) is 5.75 Å². The van der Waals surface area contributed by atoms with E-state index in [1.165, 1.54) is 25.3 Å². The Hall–Kier alpha value is -4.29. The number of hydrogen-bond acceptors (Lipinski definition) is 9. The Labute approximate surface area is 241 Å². The number of rotatable bonds is 11. The summed E-state index contributed by atoms with van der Waals surface area (Å²) in [5, 5.41) is 6.97. The minimum Gasteiger partial charge on any atom is -0.492 e. The van der Waals surface area contributed by atoms with E-state index in [-0.39, 0.29) is 17.2 Å². The molecule has 2 aliphatic rings. The molecule has 1 unspecified atom stereocenters. The van der Waals surface area contributed by atoms with Gasteiger partial charge in [0.1, 0.15) is 24.4 Å². The maximum atomic E-state index is 13.6. The maximum absolute atomic E-state index is 13.6. The fourth-order valence-electron chi connectivity index (χ4n) is 4.93. The molecule has 0 spiro atoms. The lowest BCUT2D eigenvalue weighted by Crippen LogP contribution is -2.49. The first-order valence-corrected chi connectivity index (χ1v) is 14.3. The van der Waals surface area contributed by atoms with Crippen molar-refractivity contribution in [3.05, 3.63) is 76.8 Å². The summed E-state index contributed by atoms with van der Waals surface area (Å²) < 4.78 is 10.5. The van der Waals surface area contributed by atoms with Crippen LogP contribution in [0.2, 0.25) is 0 Å². The monoisotopic (exact) mass is 577 g/mol. The number of carbonyl (C=O) groups is 4. The van der Waals surface area contributed by atoms with Crippen molar-refractivity contribution in [2.45, 2.75) is 31.3 Å². The van der Waals surface area contributed by atoms with Gasteiger partial charge in [-0.2, -0.15) is 0 Å². The van der Waals surface area contributed by atoms with Gasteiger partial charge in [0.05, 0.1) is 7.11 Å². The molecule has 41 heavy (non-hydrogen) atoms. The molecular weight excluding hydrogens is 546 g/mol. The molecule has 3 heterocycles. The number of nitrogens with zero attached hydrogens (tertiary/aromatic N) is 3. The van der Waals surface area contributed by atoms with Crippen LogP contribution in [0.15, 0.2) is 60.0 Å². The van der Waals surface area contributed by atoms with E-state index >= 15 is 0 Å². The number of ether oxygens (including phenoxy) is 2. The second-order valence-corrected chi connectivity index (χ2v) is 10.6. The van der Waals surface area contributed by atoms with Crippen LogP contribution in [-0.4, -0.2) is 78.0 Å². The van der Waals surface area contributed by atoms with Crippen molar-refractivity contribution in [1.82, 2.24) is 20.1 Å². The van der Waals surface area contributed by atoms with Crippen LogP contribution in [-0.2, 0) is 20.7 Å². The quantitative estimate of drug-likeness (QED) is 0.262. The smallest absolute Gasteiger partial charge is 0.357 e. The van der Waals surface area contributed by atoms with Crippen molar-refractivity contribution in [1.29, 1.82) is 0 Å². The average Bonchev–Trinajstić information content (AvgIpc) is 3.74. The third kappa shape index (κ3) is 6.72. The number of methoxy groups -OCH3 is 1. The number of thiazole rings is 1. The van der Waals surface area contributed by atoms with Crippen LogP contribution in [0.25, 0.3) is 0 Å². The Morgan fingerprint density at radius 2 is 1.83 bits per heavy atom. The lowest BCUT2D eigenvalue weighted by Gasteiger charge is -2.24. The number of likely N-dealkylation sites (tertiary alicyclic amines) is 1. The van der Waals surface area contributed by atoms with Crippen LogP contribution in [0.5, 0.6) is 5.75 Å². The highest BCUT2D eigenvalue weighted by Gasteiger charge is 2.45. The van der Waals surface area contributed by atoms with Gasteiger partial charge in [0.25, 0.3) is 5.91 Å². The summed E-state index contributed by atoms with van der Waals surface area (Å²) in [5.74, 6) is -1.10. The molecule has 1 aromatic heterocycles. The molecule has 0 saturated carbocycles. The molecule has 3 aromatic rings. The number of imide groups is 1. The Morgan fingerprint density at radius 1 is 1.10 bits per heavy atom. The average molecular weight is 578 g/mol. The van der Waals surface area contributed by atoms with E-state index < -0.39 is 35.9 Å². The number of anilines is 1. The minimum absolute atomic E-state index is 0.0472. The summed E-state index contributed by atoms with van der Waals surface area (Å²) in [5.41, 5.74) is 1.40. The summed E-state index contributed by atoms with van der Waals surface area (Å²) in [4.78, 5) is 59.4. The largest absolute Gasteiger partial charge is 0.492 e. The van der Waals surface area contributed by atoms with Crippen LogP contribution in [0.4, 0.5) is 9.93 Å². The molecule has 0 radical (unpaired) electrons. The number of amides is 4. The lowest BCUT2D eigenvalue weighted by atomic mass is 10.0. The summed E-state index contributed by atoms with van der Waals surface area (Å²) >= 11 is 1.04. The molecule has 0 aliphatic carbocycles. The van der Waals surface area contributed by atoms with Crippen LogP contribution in [0, 0.1) is 0 Å². The third-order valence-electron chi connectivity index (χ3n) is 7.07. The van der Waals surface area contributed by atoms with E-state index in [9.17, 15) is 19.2 Å². The first-order chi connectivity index (χ1) is 19.9. The zero-order valence-electron chi connectivity index (χ0n) is 22.6.